The number of aliphatic hydroxyl groups is 13. The minimum atomic E-state index is -5.50. The predicted octanol–water partition coefficient (Wildman–Crippen LogP) is -8.33. The molecule has 0 saturated carbocycles. The third kappa shape index (κ3) is 9.13. The van der Waals surface area contributed by atoms with Crippen LogP contribution in [0.5, 0.6) is 0 Å². The van der Waals surface area contributed by atoms with Gasteiger partial charge in [-0.2, -0.15) is 0 Å². The molecule has 0 aliphatic carbocycles. The summed E-state index contributed by atoms with van der Waals surface area (Å²) in [6.45, 7) is -2.75. The van der Waals surface area contributed by atoms with Gasteiger partial charge in [0.15, 0.2) is 18.9 Å². The second-order valence-electron chi connectivity index (χ2n) is 11.0. The minimum absolute atomic E-state index is 0.863. The third-order valence-corrected chi connectivity index (χ3v) is 8.68. The zero-order chi connectivity index (χ0) is 34.7. The molecule has 272 valence electrons. The van der Waals surface area contributed by atoms with E-state index in [2.05, 4.69) is 0 Å². The molecule has 46 heavy (non-hydrogen) atoms. The number of aliphatic hydroxyl groups excluding tert-OH is 13. The molecule has 1 unspecified atom stereocenters. The van der Waals surface area contributed by atoms with E-state index in [9.17, 15) is 75.8 Å². The van der Waals surface area contributed by atoms with Crippen molar-refractivity contribution in [2.45, 2.75) is 117 Å². The normalized spacial score (nSPS) is 45.5. The predicted molar refractivity (Wildman–Crippen MR) is 140 cm³/mol. The Morgan fingerprint density at radius 3 is 1.91 bits per heavy atom. The SMILES string of the molecule is C[C@@H]1O[C@@H](O[C@H](COP(=O)(O)O[C@H]2[C@@H](O[C@@H]3[C@@H](O)[C@@H](O)O[C@H](CO)[C@H]3O)O[C@H](CO)[C@H](O)[C@@H]2O)[C@@H](O)[C@@H](O)CO)[C@H](O)[C@H](O)[C@H]1O. The highest BCUT2D eigenvalue weighted by molar-refractivity contribution is 7.47. The largest absolute Gasteiger partial charge is 0.472 e. The van der Waals surface area contributed by atoms with Crippen molar-refractivity contribution in [1.29, 1.82) is 0 Å². The standard InChI is InChI=1S/C23H43O22P/c1-6-11(28)15(32)17(34)22(40-6)43-10(12(29)7(27)2-24)5-39-46(37,38)45-20-16(33)13(30)8(3-25)42-23(20)44-19-14(31)9(4-26)41-21(36)18(19)35/h6-36H,2-5H2,1H3,(H,37,38)/t6-,7-,8+,9+,10+,11-,12-,13-,14+,15+,16-,17+,18+,19-,20+,21-,22-,23+/m0/s1. The first-order valence-electron chi connectivity index (χ1n) is 14.0. The lowest BCUT2D eigenvalue weighted by molar-refractivity contribution is -0.354. The molecule has 3 saturated heterocycles. The van der Waals surface area contributed by atoms with Crippen LogP contribution in [0.25, 0.3) is 0 Å². The van der Waals surface area contributed by atoms with Gasteiger partial charge in [0.1, 0.15) is 85.5 Å². The number of hydrogen-bond acceptors (Lipinski definition) is 21. The molecular weight excluding hydrogens is 659 g/mol. The van der Waals surface area contributed by atoms with Gasteiger partial charge in [0.2, 0.25) is 0 Å². The molecule has 14 N–H and O–H groups in total. The topological polar surface area (TPSA) is 365 Å². The van der Waals surface area contributed by atoms with Gasteiger partial charge in [0.05, 0.1) is 32.5 Å². The smallest absolute Gasteiger partial charge is 0.394 e. The van der Waals surface area contributed by atoms with E-state index in [1.165, 1.54) is 6.92 Å². The van der Waals surface area contributed by atoms with Crippen LogP contribution in [0.2, 0.25) is 0 Å². The molecule has 0 bridgehead atoms. The van der Waals surface area contributed by atoms with Crippen molar-refractivity contribution in [3.8, 4) is 0 Å². The van der Waals surface area contributed by atoms with Crippen LogP contribution in [0.4, 0.5) is 0 Å². The highest BCUT2D eigenvalue weighted by Gasteiger charge is 2.53. The Morgan fingerprint density at radius 1 is 0.717 bits per heavy atom. The van der Waals surface area contributed by atoms with Crippen molar-refractivity contribution < 1.29 is 109 Å². The van der Waals surface area contributed by atoms with Gasteiger partial charge in [-0.15, -0.1) is 0 Å². The van der Waals surface area contributed by atoms with E-state index in [0.717, 1.165) is 0 Å². The van der Waals surface area contributed by atoms with Crippen LogP contribution < -0.4 is 0 Å². The maximum absolute atomic E-state index is 13.0. The molecule has 3 aliphatic rings. The Morgan fingerprint density at radius 2 is 1.33 bits per heavy atom. The monoisotopic (exact) mass is 702 g/mol. The number of rotatable bonds is 14. The number of phosphoric acid groups is 1. The summed E-state index contributed by atoms with van der Waals surface area (Å²) in [5.74, 6) is 0. The van der Waals surface area contributed by atoms with Crippen molar-refractivity contribution in [1.82, 2.24) is 0 Å². The molecule has 0 aromatic rings. The average molecular weight is 703 g/mol. The van der Waals surface area contributed by atoms with Gasteiger partial charge >= 0.3 is 7.82 Å². The van der Waals surface area contributed by atoms with Gasteiger partial charge in [-0.3, -0.25) is 9.05 Å². The van der Waals surface area contributed by atoms with E-state index in [4.69, 9.17) is 32.7 Å². The lowest BCUT2D eigenvalue weighted by Crippen LogP contribution is -2.64. The van der Waals surface area contributed by atoms with Gasteiger partial charge in [-0.25, -0.2) is 4.57 Å². The van der Waals surface area contributed by atoms with E-state index in [1.807, 2.05) is 0 Å². The molecule has 3 fully saturated rings. The minimum Gasteiger partial charge on any atom is -0.394 e. The van der Waals surface area contributed by atoms with Crippen molar-refractivity contribution in [3.05, 3.63) is 0 Å². The third-order valence-electron chi connectivity index (χ3n) is 7.69. The Labute approximate surface area is 260 Å². The molecule has 0 amide bonds. The quantitative estimate of drug-likeness (QED) is 0.0747. The highest BCUT2D eigenvalue weighted by Crippen LogP contribution is 2.48. The second kappa shape index (κ2) is 16.9. The summed E-state index contributed by atoms with van der Waals surface area (Å²) in [5.41, 5.74) is 0. The highest BCUT2D eigenvalue weighted by atomic mass is 31.2. The molecule has 0 spiro atoms. The van der Waals surface area contributed by atoms with Gasteiger partial charge in [-0.05, 0) is 6.92 Å². The van der Waals surface area contributed by atoms with Crippen molar-refractivity contribution in [2.24, 2.45) is 0 Å². The lowest BCUT2D eigenvalue weighted by atomic mass is 9.97. The van der Waals surface area contributed by atoms with Crippen molar-refractivity contribution in [2.75, 3.05) is 26.4 Å². The van der Waals surface area contributed by atoms with Crippen LogP contribution >= 0.6 is 7.82 Å². The molecule has 3 rings (SSSR count). The zero-order valence-corrected chi connectivity index (χ0v) is 25.1. The summed E-state index contributed by atoms with van der Waals surface area (Å²) in [6.07, 6.45) is -33.6. The Bertz CT molecular complexity index is 980. The summed E-state index contributed by atoms with van der Waals surface area (Å²) in [5, 5.41) is 131. The first kappa shape index (κ1) is 39.8. The fourth-order valence-electron chi connectivity index (χ4n) is 4.89. The van der Waals surface area contributed by atoms with Crippen LogP contribution in [0.1, 0.15) is 6.92 Å². The van der Waals surface area contributed by atoms with E-state index in [-0.39, 0.29) is 0 Å². The summed E-state index contributed by atoms with van der Waals surface area (Å²) in [7, 11) is -5.50. The lowest BCUT2D eigenvalue weighted by Gasteiger charge is -2.46. The Kier molecular flexibility index (Phi) is 14.6. The van der Waals surface area contributed by atoms with E-state index < -0.39 is 145 Å². The maximum atomic E-state index is 13.0. The first-order valence-corrected chi connectivity index (χ1v) is 15.5. The average Bonchev–Trinajstić information content (AvgIpc) is 3.02. The molecular formula is C23H43O22P. The van der Waals surface area contributed by atoms with Crippen LogP contribution in [0, 0.1) is 0 Å². The molecule has 3 heterocycles. The maximum Gasteiger partial charge on any atom is 0.472 e. The fraction of sp³-hybridized carbons (Fsp3) is 1.00. The van der Waals surface area contributed by atoms with E-state index in [0.29, 0.717) is 0 Å². The van der Waals surface area contributed by atoms with Crippen LogP contribution in [0.15, 0.2) is 0 Å². The Hall–Kier alpha value is -0.610. The van der Waals surface area contributed by atoms with Gasteiger partial charge < -0.3 is 95.0 Å². The number of hydrogen-bond donors (Lipinski definition) is 14. The van der Waals surface area contributed by atoms with Crippen molar-refractivity contribution in [3.63, 3.8) is 0 Å². The molecule has 23 heteroatoms. The molecule has 19 atom stereocenters. The second-order valence-corrected chi connectivity index (χ2v) is 12.4. The summed E-state index contributed by atoms with van der Waals surface area (Å²) in [4.78, 5) is 10.5. The van der Waals surface area contributed by atoms with E-state index >= 15 is 0 Å². The molecule has 3 aliphatic heterocycles. The van der Waals surface area contributed by atoms with Gasteiger partial charge in [0, 0.05) is 0 Å². The summed E-state index contributed by atoms with van der Waals surface area (Å²) < 4.78 is 49.1. The van der Waals surface area contributed by atoms with Crippen molar-refractivity contribution >= 4 is 7.82 Å². The molecule has 0 aromatic heterocycles. The number of phosphoric ester groups is 1. The molecule has 0 radical (unpaired) electrons. The summed E-state index contributed by atoms with van der Waals surface area (Å²) in [6, 6.07) is 0. The van der Waals surface area contributed by atoms with Crippen LogP contribution in [0.3, 0.4) is 0 Å². The molecule has 22 nitrogen and oxygen atoms in total. The van der Waals surface area contributed by atoms with Gasteiger partial charge in [0.25, 0.3) is 0 Å². The van der Waals surface area contributed by atoms with E-state index in [1.54, 1.807) is 0 Å². The number of ether oxygens (including phenoxy) is 5. The first-order chi connectivity index (χ1) is 21.5. The van der Waals surface area contributed by atoms with Crippen LogP contribution in [-0.4, -0.2) is 208 Å². The Balaban J connectivity index is 1.80. The molecule has 0 aromatic carbocycles. The fourth-order valence-corrected chi connectivity index (χ4v) is 5.81. The van der Waals surface area contributed by atoms with Crippen LogP contribution in [-0.2, 0) is 37.3 Å². The van der Waals surface area contributed by atoms with Gasteiger partial charge in [-0.1, -0.05) is 0 Å². The zero-order valence-electron chi connectivity index (χ0n) is 24.2. The summed E-state index contributed by atoms with van der Waals surface area (Å²) >= 11 is 0.